The Morgan fingerprint density at radius 3 is 1.88 bits per heavy atom. The topological polar surface area (TPSA) is 86.2 Å². The van der Waals surface area contributed by atoms with Gasteiger partial charge in [-0.05, 0) is 42.9 Å². The fraction of sp³-hybridized carbons (Fsp3) is 0.600. The van der Waals surface area contributed by atoms with Crippen LogP contribution in [0.3, 0.4) is 0 Å². The summed E-state index contributed by atoms with van der Waals surface area (Å²) in [5.41, 5.74) is 13.7. The summed E-state index contributed by atoms with van der Waals surface area (Å²) in [6.45, 7) is 4.35. The maximum Gasteiger partial charge on any atom is 0.249 e. The van der Waals surface area contributed by atoms with Crippen molar-refractivity contribution in [3.63, 3.8) is 0 Å². The Bertz CT molecular complexity index is 553. The van der Waals surface area contributed by atoms with E-state index in [0.717, 1.165) is 49.7 Å². The van der Waals surface area contributed by atoms with Gasteiger partial charge in [-0.25, -0.2) is 0 Å². The Balaban J connectivity index is 3.08. The molecular formula is C20H32N2O2. The molecule has 1 aromatic rings. The second kappa shape index (κ2) is 10.8. The molecule has 0 aliphatic rings. The zero-order valence-electron chi connectivity index (χ0n) is 15.2. The van der Waals surface area contributed by atoms with E-state index in [2.05, 4.69) is 13.8 Å². The van der Waals surface area contributed by atoms with Gasteiger partial charge in [-0.1, -0.05) is 58.4 Å². The summed E-state index contributed by atoms with van der Waals surface area (Å²) >= 11 is 0. The Morgan fingerprint density at radius 2 is 1.38 bits per heavy atom. The monoisotopic (exact) mass is 332 g/mol. The zero-order valence-corrected chi connectivity index (χ0v) is 15.2. The van der Waals surface area contributed by atoms with Crippen LogP contribution in [-0.2, 0) is 12.8 Å². The molecule has 0 saturated carbocycles. The van der Waals surface area contributed by atoms with Gasteiger partial charge in [-0.3, -0.25) is 9.59 Å². The standard InChI is InChI=1S/C20H32N2O2/c1-3-5-7-9-11-15-13-14-17(19(21)23)18(20(22)24)16(15)12-10-8-6-4-2/h13-14H,3-12H2,1-2H3,(H2,21,23)(H2,22,24). The van der Waals surface area contributed by atoms with E-state index in [0.29, 0.717) is 5.56 Å². The van der Waals surface area contributed by atoms with Gasteiger partial charge in [0.25, 0.3) is 0 Å². The molecule has 0 saturated heterocycles. The Hall–Kier alpha value is -1.84. The summed E-state index contributed by atoms with van der Waals surface area (Å²) in [6.07, 6.45) is 10.8. The van der Waals surface area contributed by atoms with E-state index in [1.165, 1.54) is 25.7 Å². The van der Waals surface area contributed by atoms with Gasteiger partial charge >= 0.3 is 0 Å². The summed E-state index contributed by atoms with van der Waals surface area (Å²) in [4.78, 5) is 23.7. The second-order valence-corrected chi connectivity index (χ2v) is 6.48. The van der Waals surface area contributed by atoms with E-state index in [-0.39, 0.29) is 5.56 Å². The van der Waals surface area contributed by atoms with Crippen LogP contribution in [0.5, 0.6) is 0 Å². The van der Waals surface area contributed by atoms with Crippen molar-refractivity contribution in [1.82, 2.24) is 0 Å². The molecule has 24 heavy (non-hydrogen) atoms. The normalized spacial score (nSPS) is 10.8. The smallest absolute Gasteiger partial charge is 0.249 e. The maximum atomic E-state index is 12.0. The number of hydrogen-bond donors (Lipinski definition) is 2. The second-order valence-electron chi connectivity index (χ2n) is 6.48. The molecule has 0 aromatic heterocycles. The van der Waals surface area contributed by atoms with E-state index in [9.17, 15) is 9.59 Å². The average molecular weight is 332 g/mol. The molecule has 0 bridgehead atoms. The largest absolute Gasteiger partial charge is 0.366 e. The van der Waals surface area contributed by atoms with Crippen molar-refractivity contribution in [2.45, 2.75) is 78.1 Å². The number of rotatable bonds is 12. The average Bonchev–Trinajstić information content (AvgIpc) is 2.55. The molecule has 0 fully saturated rings. The van der Waals surface area contributed by atoms with Crippen LogP contribution in [-0.4, -0.2) is 11.8 Å². The van der Waals surface area contributed by atoms with Crippen LogP contribution in [0.1, 0.15) is 97.1 Å². The molecule has 1 rings (SSSR count). The van der Waals surface area contributed by atoms with Gasteiger partial charge in [0.1, 0.15) is 0 Å². The summed E-state index contributed by atoms with van der Waals surface area (Å²) in [5.74, 6) is -1.14. The molecule has 0 unspecified atom stereocenters. The minimum atomic E-state index is -0.587. The van der Waals surface area contributed by atoms with Crippen LogP contribution >= 0.6 is 0 Å². The fourth-order valence-corrected chi connectivity index (χ4v) is 3.17. The highest BCUT2D eigenvalue weighted by Gasteiger charge is 2.20. The third-order valence-corrected chi connectivity index (χ3v) is 4.50. The number of aryl methyl sites for hydroxylation is 1. The summed E-state index contributed by atoms with van der Waals surface area (Å²) in [6, 6.07) is 3.61. The van der Waals surface area contributed by atoms with Crippen LogP contribution in [0, 0.1) is 0 Å². The lowest BCUT2D eigenvalue weighted by atomic mass is 9.89. The Kier molecular flexibility index (Phi) is 9.13. The number of hydrogen-bond acceptors (Lipinski definition) is 2. The number of benzene rings is 1. The molecule has 4 nitrogen and oxygen atoms in total. The molecule has 4 heteroatoms. The van der Waals surface area contributed by atoms with Crippen LogP contribution in [0.4, 0.5) is 0 Å². The fourth-order valence-electron chi connectivity index (χ4n) is 3.17. The molecule has 0 aliphatic heterocycles. The van der Waals surface area contributed by atoms with Crippen molar-refractivity contribution in [3.8, 4) is 0 Å². The van der Waals surface area contributed by atoms with Crippen molar-refractivity contribution in [3.05, 3.63) is 34.4 Å². The van der Waals surface area contributed by atoms with E-state index in [4.69, 9.17) is 11.5 Å². The van der Waals surface area contributed by atoms with Gasteiger partial charge in [-0.2, -0.15) is 0 Å². The molecular weight excluding hydrogens is 300 g/mol. The third kappa shape index (κ3) is 5.99. The first kappa shape index (κ1) is 20.2. The first-order chi connectivity index (χ1) is 11.5. The number of nitrogens with two attached hydrogens (primary N) is 2. The van der Waals surface area contributed by atoms with Crippen molar-refractivity contribution >= 4 is 11.8 Å². The summed E-state index contributed by atoms with van der Waals surface area (Å²) in [7, 11) is 0. The molecule has 0 heterocycles. The van der Waals surface area contributed by atoms with E-state index in [1.807, 2.05) is 6.07 Å². The van der Waals surface area contributed by atoms with Crippen LogP contribution in [0.25, 0.3) is 0 Å². The molecule has 0 spiro atoms. The number of carbonyl (C=O) groups is 2. The molecule has 2 amide bonds. The minimum absolute atomic E-state index is 0.255. The number of carbonyl (C=O) groups excluding carboxylic acids is 2. The number of unbranched alkanes of at least 4 members (excludes halogenated alkanes) is 6. The highest BCUT2D eigenvalue weighted by Crippen LogP contribution is 2.24. The lowest BCUT2D eigenvalue weighted by Gasteiger charge is -2.16. The van der Waals surface area contributed by atoms with Gasteiger partial charge in [0.05, 0.1) is 11.1 Å². The van der Waals surface area contributed by atoms with Crippen molar-refractivity contribution in [2.75, 3.05) is 0 Å². The molecule has 0 aliphatic carbocycles. The van der Waals surface area contributed by atoms with Crippen LogP contribution in [0.2, 0.25) is 0 Å². The first-order valence-corrected chi connectivity index (χ1v) is 9.27. The zero-order chi connectivity index (χ0) is 17.9. The molecule has 4 N–H and O–H groups in total. The van der Waals surface area contributed by atoms with E-state index >= 15 is 0 Å². The predicted molar refractivity (Wildman–Crippen MR) is 99.2 cm³/mol. The van der Waals surface area contributed by atoms with Crippen LogP contribution < -0.4 is 11.5 Å². The lowest BCUT2D eigenvalue weighted by molar-refractivity contribution is 0.0966. The van der Waals surface area contributed by atoms with E-state index < -0.39 is 11.8 Å². The lowest BCUT2D eigenvalue weighted by Crippen LogP contribution is -2.23. The first-order valence-electron chi connectivity index (χ1n) is 9.27. The highest BCUT2D eigenvalue weighted by atomic mass is 16.2. The van der Waals surface area contributed by atoms with Crippen molar-refractivity contribution < 1.29 is 9.59 Å². The quantitative estimate of drug-likeness (QED) is 0.564. The van der Waals surface area contributed by atoms with E-state index in [1.54, 1.807) is 6.07 Å². The highest BCUT2D eigenvalue weighted by molar-refractivity contribution is 6.07. The summed E-state index contributed by atoms with van der Waals surface area (Å²) in [5, 5.41) is 0. The van der Waals surface area contributed by atoms with Gasteiger partial charge in [0.15, 0.2) is 0 Å². The van der Waals surface area contributed by atoms with Gasteiger partial charge in [0.2, 0.25) is 11.8 Å². The maximum absolute atomic E-state index is 12.0. The third-order valence-electron chi connectivity index (χ3n) is 4.50. The van der Waals surface area contributed by atoms with Crippen molar-refractivity contribution in [1.29, 1.82) is 0 Å². The molecule has 134 valence electrons. The molecule has 1 aromatic carbocycles. The van der Waals surface area contributed by atoms with Gasteiger partial charge < -0.3 is 11.5 Å². The Labute approximate surface area is 146 Å². The van der Waals surface area contributed by atoms with Gasteiger partial charge in [-0.15, -0.1) is 0 Å². The minimum Gasteiger partial charge on any atom is -0.366 e. The number of amides is 2. The van der Waals surface area contributed by atoms with Gasteiger partial charge in [0, 0.05) is 0 Å². The van der Waals surface area contributed by atoms with Crippen molar-refractivity contribution in [2.24, 2.45) is 11.5 Å². The molecule has 0 atom stereocenters. The Morgan fingerprint density at radius 1 is 0.792 bits per heavy atom. The summed E-state index contributed by atoms with van der Waals surface area (Å²) < 4.78 is 0. The van der Waals surface area contributed by atoms with Crippen LogP contribution in [0.15, 0.2) is 12.1 Å². The SMILES string of the molecule is CCCCCCc1ccc(C(N)=O)c(C(N)=O)c1CCCCCC. The number of primary amides is 2. The molecule has 0 radical (unpaired) electrons. The predicted octanol–water partition coefficient (Wildman–Crippen LogP) is 4.13.